The van der Waals surface area contributed by atoms with Gasteiger partial charge in [0.15, 0.2) is 0 Å². The van der Waals surface area contributed by atoms with E-state index < -0.39 is 0 Å². The zero-order chi connectivity index (χ0) is 21.3. The van der Waals surface area contributed by atoms with Crippen molar-refractivity contribution in [3.63, 3.8) is 0 Å². The van der Waals surface area contributed by atoms with E-state index in [1.165, 1.54) is 5.56 Å². The van der Waals surface area contributed by atoms with Crippen molar-refractivity contribution < 1.29 is 14.6 Å². The molecule has 1 aromatic carbocycles. The number of fused-ring (bicyclic) bond motifs is 1. The fourth-order valence-corrected chi connectivity index (χ4v) is 4.94. The normalized spacial score (nSPS) is 26.5. The van der Waals surface area contributed by atoms with Crippen LogP contribution in [0.25, 0.3) is 10.9 Å². The Morgan fingerprint density at radius 1 is 1.30 bits per heavy atom. The summed E-state index contributed by atoms with van der Waals surface area (Å²) in [6.45, 7) is 9.24. The number of ether oxygens (including phenoxy) is 1. The first-order chi connectivity index (χ1) is 14.4. The van der Waals surface area contributed by atoms with Crippen LogP contribution in [-0.4, -0.2) is 54.9 Å². The van der Waals surface area contributed by atoms with Gasteiger partial charge in [-0.2, -0.15) is 0 Å². The molecule has 0 aliphatic carbocycles. The third-order valence-electron chi connectivity index (χ3n) is 6.67. The van der Waals surface area contributed by atoms with Crippen molar-refractivity contribution in [1.82, 2.24) is 10.3 Å². The van der Waals surface area contributed by atoms with Crippen LogP contribution in [0.5, 0.6) is 0 Å². The Morgan fingerprint density at radius 2 is 2.13 bits per heavy atom. The molecule has 1 unspecified atom stereocenters. The Bertz CT molecular complexity index is 914. The molecule has 2 aromatic rings. The quantitative estimate of drug-likeness (QED) is 0.809. The molecule has 0 saturated carbocycles. The molecule has 0 radical (unpaired) electrons. The summed E-state index contributed by atoms with van der Waals surface area (Å²) >= 11 is 0. The molecule has 6 heteroatoms. The van der Waals surface area contributed by atoms with Gasteiger partial charge in [0.1, 0.15) is 5.82 Å². The van der Waals surface area contributed by atoms with Crippen LogP contribution in [0.4, 0.5) is 5.82 Å². The first-order valence-corrected chi connectivity index (χ1v) is 11.0. The van der Waals surface area contributed by atoms with E-state index in [0.717, 1.165) is 42.7 Å². The third kappa shape index (κ3) is 4.30. The molecule has 2 N–H and O–H groups in total. The van der Waals surface area contributed by atoms with Crippen LogP contribution >= 0.6 is 0 Å². The lowest BCUT2D eigenvalue weighted by atomic mass is 9.73. The summed E-state index contributed by atoms with van der Waals surface area (Å²) in [5.74, 6) is 1.15. The van der Waals surface area contributed by atoms with Gasteiger partial charge >= 0.3 is 0 Å². The van der Waals surface area contributed by atoms with Crippen LogP contribution in [0.2, 0.25) is 0 Å². The molecule has 2 aliphatic rings. The van der Waals surface area contributed by atoms with E-state index in [0.29, 0.717) is 13.2 Å². The van der Waals surface area contributed by atoms with Crippen LogP contribution in [0.15, 0.2) is 30.3 Å². The number of carbonyl (C=O) groups excluding carboxylic acids is 1. The maximum Gasteiger partial charge on any atom is 0.224 e. The van der Waals surface area contributed by atoms with E-state index in [9.17, 15) is 9.90 Å². The van der Waals surface area contributed by atoms with Gasteiger partial charge in [0.2, 0.25) is 5.91 Å². The Labute approximate surface area is 178 Å². The van der Waals surface area contributed by atoms with E-state index in [1.54, 1.807) is 0 Å². The average Bonchev–Trinajstić information content (AvgIpc) is 2.73. The summed E-state index contributed by atoms with van der Waals surface area (Å²) in [5, 5.41) is 13.7. The van der Waals surface area contributed by atoms with Crippen LogP contribution < -0.4 is 10.2 Å². The number of hydrogen-bond acceptors (Lipinski definition) is 5. The van der Waals surface area contributed by atoms with Crippen LogP contribution in [0, 0.1) is 24.2 Å². The first kappa shape index (κ1) is 21.1. The fraction of sp³-hybridized carbons (Fsp3) is 0.583. The van der Waals surface area contributed by atoms with Crippen LogP contribution in [-0.2, 0) is 9.53 Å². The zero-order valence-electron chi connectivity index (χ0n) is 18.2. The van der Waals surface area contributed by atoms with Gasteiger partial charge in [-0.3, -0.25) is 4.79 Å². The molecule has 0 bridgehead atoms. The topological polar surface area (TPSA) is 74.7 Å². The van der Waals surface area contributed by atoms with Crippen LogP contribution in [0.1, 0.15) is 32.3 Å². The number of amides is 1. The van der Waals surface area contributed by atoms with Gasteiger partial charge in [0.05, 0.1) is 24.8 Å². The van der Waals surface area contributed by atoms with Crippen molar-refractivity contribution in [2.45, 2.75) is 39.7 Å². The summed E-state index contributed by atoms with van der Waals surface area (Å²) in [6, 6.07) is 10.5. The Morgan fingerprint density at radius 3 is 2.90 bits per heavy atom. The van der Waals surface area contributed by atoms with E-state index >= 15 is 0 Å². The van der Waals surface area contributed by atoms with Crippen molar-refractivity contribution in [2.75, 3.05) is 37.8 Å². The number of para-hydroxylation sites is 1. The highest BCUT2D eigenvalue weighted by Crippen LogP contribution is 2.37. The minimum absolute atomic E-state index is 0.0117. The number of pyridine rings is 1. The molecular formula is C24H33N3O3. The number of nitrogens with zero attached hydrogens (tertiary/aromatic N) is 2. The van der Waals surface area contributed by atoms with E-state index in [2.05, 4.69) is 61.3 Å². The smallest absolute Gasteiger partial charge is 0.224 e. The molecule has 3 heterocycles. The highest BCUT2D eigenvalue weighted by Gasteiger charge is 2.41. The van der Waals surface area contributed by atoms with Crippen molar-refractivity contribution >= 4 is 22.6 Å². The molecule has 2 aliphatic heterocycles. The number of hydrogen-bond donors (Lipinski definition) is 2. The van der Waals surface area contributed by atoms with Gasteiger partial charge < -0.3 is 20.1 Å². The highest BCUT2D eigenvalue weighted by molar-refractivity contribution is 5.83. The predicted octanol–water partition coefficient (Wildman–Crippen LogP) is 2.91. The second kappa shape index (κ2) is 8.52. The van der Waals surface area contributed by atoms with Gasteiger partial charge in [-0.05, 0) is 42.9 Å². The number of nitrogens with one attached hydrogen (secondary N) is 1. The Kier molecular flexibility index (Phi) is 5.98. The summed E-state index contributed by atoms with van der Waals surface area (Å²) < 4.78 is 5.55. The summed E-state index contributed by atoms with van der Waals surface area (Å²) in [6.07, 6.45) is 1.57. The Hall–Kier alpha value is -2.18. The number of rotatable bonds is 4. The maximum atomic E-state index is 13.1. The van der Waals surface area contributed by atoms with Crippen molar-refractivity contribution in [3.05, 3.63) is 35.9 Å². The lowest BCUT2D eigenvalue weighted by molar-refractivity contribution is -0.131. The number of aliphatic hydroxyl groups is 1. The number of carbonyl (C=O) groups is 1. The second-order valence-corrected chi connectivity index (χ2v) is 9.59. The molecule has 2 saturated heterocycles. The molecule has 162 valence electrons. The molecule has 1 aromatic heterocycles. The highest BCUT2D eigenvalue weighted by atomic mass is 16.5. The molecule has 0 spiro atoms. The molecule has 3 atom stereocenters. The van der Waals surface area contributed by atoms with Crippen LogP contribution in [0.3, 0.4) is 0 Å². The summed E-state index contributed by atoms with van der Waals surface area (Å²) in [5.41, 5.74) is 2.05. The first-order valence-electron chi connectivity index (χ1n) is 11.0. The minimum atomic E-state index is -0.170. The van der Waals surface area contributed by atoms with Gasteiger partial charge in [0.25, 0.3) is 0 Å². The lowest BCUT2D eigenvalue weighted by Crippen LogP contribution is -2.54. The number of aryl methyl sites for hydroxylation is 1. The van der Waals surface area contributed by atoms with Gasteiger partial charge in [-0.1, -0.05) is 32.0 Å². The average molecular weight is 412 g/mol. The molecule has 30 heavy (non-hydrogen) atoms. The van der Waals surface area contributed by atoms with E-state index in [1.807, 2.05) is 0 Å². The largest absolute Gasteiger partial charge is 0.396 e. The van der Waals surface area contributed by atoms with Gasteiger partial charge in [-0.25, -0.2) is 4.98 Å². The molecular weight excluding hydrogens is 378 g/mol. The monoisotopic (exact) mass is 411 g/mol. The third-order valence-corrected chi connectivity index (χ3v) is 6.67. The Balaban J connectivity index is 1.44. The molecule has 1 amide bonds. The van der Waals surface area contributed by atoms with E-state index in [-0.39, 0.29) is 35.8 Å². The number of piperidine rings is 1. The number of anilines is 1. The lowest BCUT2D eigenvalue weighted by Gasteiger charge is -2.44. The summed E-state index contributed by atoms with van der Waals surface area (Å²) in [7, 11) is 0. The standard InChI is InChI=1S/C24H33N3O3/c1-16-5-4-6-18-7-8-21(26-22(16)18)27-10-9-20(24(2,3)15-27)23(29)25-19-11-17(12-28)13-30-14-19/h4-8,17,19-20,28H,9-15H2,1-3H3,(H,25,29)/t17-,19?,20-/m1/s1. The summed E-state index contributed by atoms with van der Waals surface area (Å²) in [4.78, 5) is 20.3. The van der Waals surface area contributed by atoms with Crippen molar-refractivity contribution in [3.8, 4) is 0 Å². The zero-order valence-corrected chi connectivity index (χ0v) is 18.2. The van der Waals surface area contributed by atoms with Gasteiger partial charge in [-0.15, -0.1) is 0 Å². The number of benzene rings is 1. The van der Waals surface area contributed by atoms with E-state index in [4.69, 9.17) is 9.72 Å². The van der Waals surface area contributed by atoms with Gasteiger partial charge in [0, 0.05) is 36.9 Å². The molecule has 2 fully saturated rings. The SMILES string of the molecule is Cc1cccc2ccc(N3CC[C@H](C(=O)NC4COC[C@@H](CO)C4)C(C)(C)C3)nc12. The number of aliphatic hydroxyl groups excluding tert-OH is 1. The second-order valence-electron chi connectivity index (χ2n) is 9.59. The molecule has 6 nitrogen and oxygen atoms in total. The van der Waals surface area contributed by atoms with Crippen molar-refractivity contribution in [2.24, 2.45) is 17.3 Å². The minimum Gasteiger partial charge on any atom is -0.396 e. The predicted molar refractivity (Wildman–Crippen MR) is 119 cm³/mol. The molecule has 4 rings (SSSR count). The number of aromatic nitrogens is 1. The maximum absolute atomic E-state index is 13.1. The fourth-order valence-electron chi connectivity index (χ4n) is 4.94. The van der Waals surface area contributed by atoms with Crippen molar-refractivity contribution in [1.29, 1.82) is 0 Å².